The van der Waals surface area contributed by atoms with Gasteiger partial charge >= 0.3 is 0 Å². The predicted molar refractivity (Wildman–Crippen MR) is 89.8 cm³/mol. The smallest absolute Gasteiger partial charge is 0.186 e. The SMILES string of the molecule is CCC(C)c1nc(N(C)C(C)c2cccs2)sc1CN. The van der Waals surface area contributed by atoms with Crippen LogP contribution in [0.3, 0.4) is 0 Å². The minimum Gasteiger partial charge on any atom is -0.344 e. The Balaban J connectivity index is 2.26. The van der Waals surface area contributed by atoms with Crippen LogP contribution >= 0.6 is 22.7 Å². The molecule has 2 atom stereocenters. The maximum atomic E-state index is 5.88. The molecular weight excluding hydrogens is 286 g/mol. The third-order valence-corrected chi connectivity index (χ3v) is 6.05. The number of thiazole rings is 1. The van der Waals surface area contributed by atoms with Crippen LogP contribution in [0.2, 0.25) is 0 Å². The fourth-order valence-corrected chi connectivity index (χ4v) is 4.04. The van der Waals surface area contributed by atoms with Gasteiger partial charge in [0.25, 0.3) is 0 Å². The van der Waals surface area contributed by atoms with Crippen molar-refractivity contribution in [1.29, 1.82) is 0 Å². The lowest BCUT2D eigenvalue weighted by Gasteiger charge is -2.23. The lowest BCUT2D eigenvalue weighted by atomic mass is 10.0. The van der Waals surface area contributed by atoms with Crippen molar-refractivity contribution in [3.8, 4) is 0 Å². The molecule has 5 heteroatoms. The number of hydrogen-bond donors (Lipinski definition) is 1. The minimum absolute atomic E-state index is 0.344. The van der Waals surface area contributed by atoms with Gasteiger partial charge in [-0.05, 0) is 30.7 Å². The molecule has 0 aliphatic carbocycles. The van der Waals surface area contributed by atoms with Gasteiger partial charge in [-0.15, -0.1) is 22.7 Å². The predicted octanol–water partition coefficient (Wildman–Crippen LogP) is 4.37. The number of nitrogens with zero attached hydrogens (tertiary/aromatic N) is 2. The van der Waals surface area contributed by atoms with Crippen molar-refractivity contribution in [2.45, 2.75) is 45.7 Å². The molecule has 0 aliphatic rings. The molecular formula is C15H23N3S2. The van der Waals surface area contributed by atoms with E-state index in [4.69, 9.17) is 10.7 Å². The summed E-state index contributed by atoms with van der Waals surface area (Å²) in [5.41, 5.74) is 7.06. The van der Waals surface area contributed by atoms with E-state index in [0.717, 1.165) is 11.6 Å². The van der Waals surface area contributed by atoms with Crippen molar-refractivity contribution in [2.75, 3.05) is 11.9 Å². The third kappa shape index (κ3) is 3.05. The monoisotopic (exact) mass is 309 g/mol. The molecule has 2 heterocycles. The number of rotatable bonds is 6. The fourth-order valence-electron chi connectivity index (χ4n) is 2.11. The molecule has 0 aliphatic heterocycles. The molecule has 2 aromatic rings. The molecule has 0 amide bonds. The van der Waals surface area contributed by atoms with Crippen molar-refractivity contribution in [2.24, 2.45) is 5.73 Å². The van der Waals surface area contributed by atoms with Crippen molar-refractivity contribution < 1.29 is 0 Å². The Morgan fingerprint density at radius 2 is 2.15 bits per heavy atom. The summed E-state index contributed by atoms with van der Waals surface area (Å²) in [6, 6.07) is 4.62. The molecule has 0 bridgehead atoms. The van der Waals surface area contributed by atoms with E-state index >= 15 is 0 Å². The first-order valence-corrected chi connectivity index (χ1v) is 8.74. The maximum absolute atomic E-state index is 5.88. The van der Waals surface area contributed by atoms with Crippen molar-refractivity contribution >= 4 is 27.8 Å². The molecule has 2 N–H and O–H groups in total. The van der Waals surface area contributed by atoms with Gasteiger partial charge in [-0.3, -0.25) is 0 Å². The topological polar surface area (TPSA) is 42.2 Å². The molecule has 0 fully saturated rings. The normalized spacial score (nSPS) is 14.2. The van der Waals surface area contributed by atoms with E-state index < -0.39 is 0 Å². The molecule has 0 saturated heterocycles. The summed E-state index contributed by atoms with van der Waals surface area (Å²) >= 11 is 3.52. The van der Waals surface area contributed by atoms with Crippen LogP contribution < -0.4 is 10.6 Å². The van der Waals surface area contributed by atoms with E-state index in [2.05, 4.69) is 50.2 Å². The van der Waals surface area contributed by atoms with E-state index in [1.54, 1.807) is 22.7 Å². The first-order valence-electron chi connectivity index (χ1n) is 7.04. The van der Waals surface area contributed by atoms with Gasteiger partial charge in [-0.2, -0.15) is 0 Å². The zero-order valence-electron chi connectivity index (χ0n) is 12.6. The van der Waals surface area contributed by atoms with Crippen LogP contribution in [-0.4, -0.2) is 12.0 Å². The zero-order chi connectivity index (χ0) is 14.7. The number of nitrogens with two attached hydrogens (primary N) is 1. The lowest BCUT2D eigenvalue weighted by Crippen LogP contribution is -2.20. The Bertz CT molecular complexity index is 533. The third-order valence-electron chi connectivity index (χ3n) is 3.82. The van der Waals surface area contributed by atoms with E-state index in [-0.39, 0.29) is 0 Å². The number of anilines is 1. The highest BCUT2D eigenvalue weighted by Crippen LogP contribution is 2.35. The molecule has 20 heavy (non-hydrogen) atoms. The quantitative estimate of drug-likeness (QED) is 0.861. The Morgan fingerprint density at radius 3 is 2.70 bits per heavy atom. The molecule has 2 rings (SSSR count). The Morgan fingerprint density at radius 1 is 1.40 bits per heavy atom. The number of aromatic nitrogens is 1. The summed E-state index contributed by atoms with van der Waals surface area (Å²) in [6.07, 6.45) is 1.10. The van der Waals surface area contributed by atoms with Crippen LogP contribution in [0.1, 0.15) is 54.6 Å². The lowest BCUT2D eigenvalue weighted by molar-refractivity contribution is 0.695. The second-order valence-corrected chi connectivity index (χ2v) is 7.16. The van der Waals surface area contributed by atoms with Gasteiger partial charge in [-0.1, -0.05) is 19.9 Å². The van der Waals surface area contributed by atoms with Gasteiger partial charge < -0.3 is 10.6 Å². The summed E-state index contributed by atoms with van der Waals surface area (Å²) in [5.74, 6) is 0.476. The van der Waals surface area contributed by atoms with E-state index in [1.807, 2.05) is 0 Å². The molecule has 2 aromatic heterocycles. The second-order valence-electron chi connectivity index (χ2n) is 5.12. The Hall–Kier alpha value is -0.910. The molecule has 2 unspecified atom stereocenters. The van der Waals surface area contributed by atoms with Crippen LogP contribution in [0, 0.1) is 0 Å². The van der Waals surface area contributed by atoms with Crippen molar-refractivity contribution in [1.82, 2.24) is 4.98 Å². The van der Waals surface area contributed by atoms with Gasteiger partial charge in [0.2, 0.25) is 0 Å². The average Bonchev–Trinajstić information content (AvgIpc) is 3.13. The summed E-state index contributed by atoms with van der Waals surface area (Å²) in [6.45, 7) is 7.22. The molecule has 110 valence electrons. The van der Waals surface area contributed by atoms with Crippen LogP contribution in [0.5, 0.6) is 0 Å². The largest absolute Gasteiger partial charge is 0.344 e. The van der Waals surface area contributed by atoms with Gasteiger partial charge in [0.1, 0.15) is 0 Å². The summed E-state index contributed by atoms with van der Waals surface area (Å²) in [4.78, 5) is 9.69. The molecule has 0 radical (unpaired) electrons. The summed E-state index contributed by atoms with van der Waals surface area (Å²) < 4.78 is 0. The summed E-state index contributed by atoms with van der Waals surface area (Å²) in [5, 5.41) is 3.19. The Kier molecular flexibility index (Phi) is 5.18. The van der Waals surface area contributed by atoms with E-state index in [9.17, 15) is 0 Å². The zero-order valence-corrected chi connectivity index (χ0v) is 14.2. The van der Waals surface area contributed by atoms with Crippen molar-refractivity contribution in [3.63, 3.8) is 0 Å². The van der Waals surface area contributed by atoms with Gasteiger partial charge in [0, 0.05) is 23.3 Å². The number of hydrogen-bond acceptors (Lipinski definition) is 5. The van der Waals surface area contributed by atoms with E-state index in [1.165, 1.54) is 15.4 Å². The van der Waals surface area contributed by atoms with Gasteiger partial charge in [0.15, 0.2) is 5.13 Å². The van der Waals surface area contributed by atoms with Crippen LogP contribution in [0.25, 0.3) is 0 Å². The summed E-state index contributed by atoms with van der Waals surface area (Å²) in [7, 11) is 2.11. The van der Waals surface area contributed by atoms with Crippen molar-refractivity contribution in [3.05, 3.63) is 33.0 Å². The highest BCUT2D eigenvalue weighted by molar-refractivity contribution is 7.15. The fraction of sp³-hybridized carbons (Fsp3) is 0.533. The standard InChI is InChI=1S/C15H23N3S2/c1-5-10(2)14-13(9-16)20-15(17-14)18(4)11(3)12-7-6-8-19-12/h6-8,10-11H,5,9,16H2,1-4H3. The molecule has 3 nitrogen and oxygen atoms in total. The highest BCUT2D eigenvalue weighted by Gasteiger charge is 2.20. The maximum Gasteiger partial charge on any atom is 0.186 e. The Labute approximate surface area is 129 Å². The van der Waals surface area contributed by atoms with Gasteiger partial charge in [0.05, 0.1) is 11.7 Å². The average molecular weight is 310 g/mol. The van der Waals surface area contributed by atoms with Crippen LogP contribution in [-0.2, 0) is 6.54 Å². The highest BCUT2D eigenvalue weighted by atomic mass is 32.1. The molecule has 0 aromatic carbocycles. The second kappa shape index (κ2) is 6.70. The first-order chi connectivity index (χ1) is 9.58. The van der Waals surface area contributed by atoms with E-state index in [0.29, 0.717) is 18.5 Å². The molecule has 0 spiro atoms. The van der Waals surface area contributed by atoms with Crippen LogP contribution in [0.4, 0.5) is 5.13 Å². The minimum atomic E-state index is 0.344. The molecule has 0 saturated carbocycles. The van der Waals surface area contributed by atoms with Gasteiger partial charge in [-0.25, -0.2) is 4.98 Å². The first kappa shape index (κ1) is 15.5. The van der Waals surface area contributed by atoms with Crippen LogP contribution in [0.15, 0.2) is 17.5 Å². The number of thiophene rings is 1.